The SMILES string of the molecule is CNC1CC(I)Cc2ccccc21. The Kier molecular flexibility index (Phi) is 2.89. The number of nitrogens with one attached hydrogen (secondary N) is 1. The van der Waals surface area contributed by atoms with Gasteiger partial charge in [-0.15, -0.1) is 0 Å². The van der Waals surface area contributed by atoms with Crippen LogP contribution in [0.4, 0.5) is 0 Å². The van der Waals surface area contributed by atoms with Gasteiger partial charge in [0.05, 0.1) is 0 Å². The molecule has 1 aliphatic rings. The summed E-state index contributed by atoms with van der Waals surface area (Å²) >= 11 is 2.55. The van der Waals surface area contributed by atoms with Crippen molar-refractivity contribution >= 4 is 22.6 Å². The molecule has 2 atom stereocenters. The molecule has 70 valence electrons. The van der Waals surface area contributed by atoms with Gasteiger partial charge in [0, 0.05) is 9.97 Å². The maximum Gasteiger partial charge on any atom is 0.0330 e. The second-order valence-electron chi connectivity index (χ2n) is 3.58. The lowest BCUT2D eigenvalue weighted by Gasteiger charge is -2.28. The highest BCUT2D eigenvalue weighted by Gasteiger charge is 2.23. The fourth-order valence-corrected chi connectivity index (χ4v) is 3.02. The molecule has 1 nitrogen and oxygen atoms in total. The van der Waals surface area contributed by atoms with Crippen LogP contribution in [0.3, 0.4) is 0 Å². The van der Waals surface area contributed by atoms with Crippen molar-refractivity contribution in [1.29, 1.82) is 0 Å². The first kappa shape index (κ1) is 9.46. The molecular weight excluding hydrogens is 273 g/mol. The molecule has 2 heteroatoms. The number of hydrogen-bond acceptors (Lipinski definition) is 1. The van der Waals surface area contributed by atoms with Gasteiger partial charge in [0.15, 0.2) is 0 Å². The maximum atomic E-state index is 3.39. The summed E-state index contributed by atoms with van der Waals surface area (Å²) in [5.74, 6) is 0. The van der Waals surface area contributed by atoms with Gasteiger partial charge < -0.3 is 5.32 Å². The van der Waals surface area contributed by atoms with Crippen LogP contribution < -0.4 is 5.32 Å². The van der Waals surface area contributed by atoms with Gasteiger partial charge in [-0.1, -0.05) is 46.9 Å². The summed E-state index contributed by atoms with van der Waals surface area (Å²) in [6, 6.07) is 9.34. The fraction of sp³-hybridized carbons (Fsp3) is 0.455. The van der Waals surface area contributed by atoms with E-state index in [1.54, 1.807) is 0 Å². The molecule has 2 unspecified atom stereocenters. The van der Waals surface area contributed by atoms with E-state index < -0.39 is 0 Å². The van der Waals surface area contributed by atoms with Crippen LogP contribution in [-0.2, 0) is 6.42 Å². The van der Waals surface area contributed by atoms with Crippen LogP contribution in [-0.4, -0.2) is 11.0 Å². The Morgan fingerprint density at radius 2 is 2.15 bits per heavy atom. The summed E-state index contributed by atoms with van der Waals surface area (Å²) in [7, 11) is 2.05. The van der Waals surface area contributed by atoms with Crippen LogP contribution in [0.2, 0.25) is 0 Å². The van der Waals surface area contributed by atoms with Crippen molar-refractivity contribution < 1.29 is 0 Å². The Balaban J connectivity index is 2.37. The van der Waals surface area contributed by atoms with Crippen LogP contribution in [0.15, 0.2) is 24.3 Å². The number of rotatable bonds is 1. The van der Waals surface area contributed by atoms with Gasteiger partial charge in [-0.05, 0) is 31.0 Å². The zero-order valence-corrected chi connectivity index (χ0v) is 9.91. The van der Waals surface area contributed by atoms with Gasteiger partial charge in [0.1, 0.15) is 0 Å². The molecule has 0 saturated carbocycles. The summed E-state index contributed by atoms with van der Waals surface area (Å²) in [4.78, 5) is 0. The normalized spacial score (nSPS) is 26.9. The Morgan fingerprint density at radius 1 is 1.38 bits per heavy atom. The molecular formula is C11H14IN. The highest BCUT2D eigenvalue weighted by molar-refractivity contribution is 14.1. The van der Waals surface area contributed by atoms with E-state index >= 15 is 0 Å². The van der Waals surface area contributed by atoms with Crippen molar-refractivity contribution in [2.24, 2.45) is 0 Å². The Hall–Kier alpha value is -0.0900. The lowest BCUT2D eigenvalue weighted by molar-refractivity contribution is 0.513. The third-order valence-corrected chi connectivity index (χ3v) is 3.66. The van der Waals surface area contributed by atoms with Gasteiger partial charge >= 0.3 is 0 Å². The summed E-state index contributed by atoms with van der Waals surface area (Å²) in [5, 5.41) is 3.39. The monoisotopic (exact) mass is 287 g/mol. The molecule has 0 fully saturated rings. The largest absolute Gasteiger partial charge is 0.313 e. The molecule has 0 aliphatic heterocycles. The highest BCUT2D eigenvalue weighted by atomic mass is 127. The molecule has 0 heterocycles. The molecule has 0 spiro atoms. The van der Waals surface area contributed by atoms with E-state index in [-0.39, 0.29) is 0 Å². The molecule has 1 aromatic rings. The minimum Gasteiger partial charge on any atom is -0.313 e. The lowest BCUT2D eigenvalue weighted by Crippen LogP contribution is -2.26. The number of halogens is 1. The van der Waals surface area contributed by atoms with Crippen molar-refractivity contribution in [3.8, 4) is 0 Å². The molecule has 0 aromatic heterocycles. The van der Waals surface area contributed by atoms with Crippen molar-refractivity contribution in [1.82, 2.24) is 5.32 Å². The molecule has 1 N–H and O–H groups in total. The van der Waals surface area contributed by atoms with Gasteiger partial charge in [0.25, 0.3) is 0 Å². The summed E-state index contributed by atoms with van der Waals surface area (Å²) in [6.07, 6.45) is 2.49. The predicted molar refractivity (Wildman–Crippen MR) is 64.4 cm³/mol. The summed E-state index contributed by atoms with van der Waals surface area (Å²) in [6.45, 7) is 0. The minimum atomic E-state index is 0.562. The first-order chi connectivity index (χ1) is 6.31. The maximum absolute atomic E-state index is 3.39. The van der Waals surface area contributed by atoms with E-state index in [1.807, 2.05) is 0 Å². The van der Waals surface area contributed by atoms with Crippen molar-refractivity contribution in [2.75, 3.05) is 7.05 Å². The van der Waals surface area contributed by atoms with E-state index in [2.05, 4.69) is 59.2 Å². The van der Waals surface area contributed by atoms with E-state index in [0.29, 0.717) is 6.04 Å². The molecule has 0 amide bonds. The average Bonchev–Trinajstić information content (AvgIpc) is 2.16. The van der Waals surface area contributed by atoms with E-state index in [9.17, 15) is 0 Å². The van der Waals surface area contributed by atoms with Crippen LogP contribution in [0.5, 0.6) is 0 Å². The summed E-state index contributed by atoms with van der Waals surface area (Å²) in [5.41, 5.74) is 3.02. The molecule has 13 heavy (non-hydrogen) atoms. The standard InChI is InChI=1S/C11H14IN/c1-13-11-7-9(12)6-8-4-2-3-5-10(8)11/h2-5,9,11,13H,6-7H2,1H3. The van der Waals surface area contributed by atoms with Gasteiger partial charge in [-0.3, -0.25) is 0 Å². The molecule has 1 aliphatic carbocycles. The second-order valence-corrected chi connectivity index (χ2v) is 5.34. The third-order valence-electron chi connectivity index (χ3n) is 2.71. The number of benzene rings is 1. The fourth-order valence-electron chi connectivity index (χ4n) is 2.04. The quantitative estimate of drug-likeness (QED) is 0.618. The minimum absolute atomic E-state index is 0.562. The van der Waals surface area contributed by atoms with E-state index in [4.69, 9.17) is 0 Å². The Labute approximate surface area is 93.1 Å². The molecule has 0 saturated heterocycles. The zero-order valence-electron chi connectivity index (χ0n) is 7.76. The first-order valence-corrected chi connectivity index (χ1v) is 5.95. The van der Waals surface area contributed by atoms with Gasteiger partial charge in [-0.2, -0.15) is 0 Å². The first-order valence-electron chi connectivity index (χ1n) is 4.70. The predicted octanol–water partition coefficient (Wildman–Crippen LogP) is 2.70. The van der Waals surface area contributed by atoms with E-state index in [0.717, 1.165) is 3.92 Å². The Bertz CT molecular complexity index is 298. The highest BCUT2D eigenvalue weighted by Crippen LogP contribution is 2.32. The average molecular weight is 287 g/mol. The lowest BCUT2D eigenvalue weighted by atomic mass is 9.88. The number of alkyl halides is 1. The third kappa shape index (κ3) is 1.89. The van der Waals surface area contributed by atoms with Gasteiger partial charge in [0.2, 0.25) is 0 Å². The number of fused-ring (bicyclic) bond motifs is 1. The summed E-state index contributed by atoms with van der Waals surface area (Å²) < 4.78 is 0.782. The van der Waals surface area contributed by atoms with E-state index in [1.165, 1.54) is 24.0 Å². The molecule has 1 aromatic carbocycles. The molecule has 0 radical (unpaired) electrons. The molecule has 2 rings (SSSR count). The topological polar surface area (TPSA) is 12.0 Å². The smallest absolute Gasteiger partial charge is 0.0330 e. The van der Waals surface area contributed by atoms with Gasteiger partial charge in [-0.25, -0.2) is 0 Å². The van der Waals surface area contributed by atoms with Crippen molar-refractivity contribution in [3.05, 3.63) is 35.4 Å². The van der Waals surface area contributed by atoms with Crippen LogP contribution in [0.1, 0.15) is 23.6 Å². The molecule has 0 bridgehead atoms. The number of hydrogen-bond donors (Lipinski definition) is 1. The van der Waals surface area contributed by atoms with Crippen LogP contribution in [0, 0.1) is 0 Å². The van der Waals surface area contributed by atoms with Crippen LogP contribution in [0.25, 0.3) is 0 Å². The van der Waals surface area contributed by atoms with Crippen molar-refractivity contribution in [2.45, 2.75) is 22.8 Å². The second kappa shape index (κ2) is 3.96. The van der Waals surface area contributed by atoms with Crippen LogP contribution >= 0.6 is 22.6 Å². The Morgan fingerprint density at radius 3 is 2.92 bits per heavy atom. The zero-order chi connectivity index (χ0) is 9.26. The van der Waals surface area contributed by atoms with Crippen molar-refractivity contribution in [3.63, 3.8) is 0 Å².